The number of amides is 1. The molecule has 2 heterocycles. The van der Waals surface area contributed by atoms with Gasteiger partial charge >= 0.3 is 0 Å². The van der Waals surface area contributed by atoms with Crippen LogP contribution in [0.1, 0.15) is 0 Å². The minimum atomic E-state index is -0.913. The zero-order valence-corrected chi connectivity index (χ0v) is 15.4. The average Bonchev–Trinajstić information content (AvgIpc) is 3.12. The van der Waals surface area contributed by atoms with Crippen molar-refractivity contribution in [2.24, 2.45) is 0 Å². The third-order valence-electron chi connectivity index (χ3n) is 4.14. The monoisotopic (exact) mass is 415 g/mol. The molecule has 0 radical (unpaired) electrons. The normalized spacial score (nSPS) is 11.0. The summed E-state index contributed by atoms with van der Waals surface area (Å²) in [5.41, 5.74) is 0.316. The van der Waals surface area contributed by atoms with Gasteiger partial charge in [-0.05, 0) is 36.4 Å². The van der Waals surface area contributed by atoms with Crippen LogP contribution in [0.5, 0.6) is 0 Å². The van der Waals surface area contributed by atoms with Crippen molar-refractivity contribution >= 4 is 34.2 Å². The van der Waals surface area contributed by atoms with Crippen LogP contribution in [-0.4, -0.2) is 25.2 Å². The van der Waals surface area contributed by atoms with Crippen LogP contribution in [0.15, 0.2) is 59.8 Å². The van der Waals surface area contributed by atoms with Gasteiger partial charge in [-0.2, -0.15) is 5.10 Å². The van der Waals surface area contributed by atoms with Crippen LogP contribution in [0, 0.1) is 11.6 Å². The Bertz CT molecular complexity index is 1280. The van der Waals surface area contributed by atoms with E-state index in [9.17, 15) is 18.4 Å². The molecule has 2 aromatic carbocycles. The van der Waals surface area contributed by atoms with Crippen molar-refractivity contribution in [1.29, 1.82) is 0 Å². The van der Waals surface area contributed by atoms with Crippen LogP contribution in [-0.2, 0) is 11.3 Å². The fraction of sp³-hybridized carbons (Fsp3) is 0.0526. The fourth-order valence-electron chi connectivity index (χ4n) is 2.77. The van der Waals surface area contributed by atoms with Gasteiger partial charge in [0, 0.05) is 11.1 Å². The summed E-state index contributed by atoms with van der Waals surface area (Å²) < 4.78 is 29.2. The zero-order valence-electron chi connectivity index (χ0n) is 14.6. The number of anilines is 1. The van der Waals surface area contributed by atoms with Crippen molar-refractivity contribution < 1.29 is 13.6 Å². The molecule has 0 unspecified atom stereocenters. The van der Waals surface area contributed by atoms with Gasteiger partial charge in [-0.1, -0.05) is 11.6 Å². The smallest absolute Gasteiger partial charge is 0.264 e. The summed E-state index contributed by atoms with van der Waals surface area (Å²) in [6.45, 7) is -0.398. The van der Waals surface area contributed by atoms with Gasteiger partial charge < -0.3 is 5.32 Å². The van der Waals surface area contributed by atoms with Gasteiger partial charge in [0.1, 0.15) is 29.9 Å². The molecule has 0 fully saturated rings. The van der Waals surface area contributed by atoms with Crippen molar-refractivity contribution in [3.8, 4) is 5.69 Å². The second-order valence-electron chi connectivity index (χ2n) is 6.12. The topological polar surface area (TPSA) is 81.8 Å². The lowest BCUT2D eigenvalue weighted by atomic mass is 10.3. The first-order valence-electron chi connectivity index (χ1n) is 8.36. The molecular formula is C19H12ClF2N5O2. The molecule has 29 heavy (non-hydrogen) atoms. The van der Waals surface area contributed by atoms with Crippen molar-refractivity contribution in [2.75, 3.05) is 5.32 Å². The van der Waals surface area contributed by atoms with Gasteiger partial charge in [-0.25, -0.2) is 18.4 Å². The highest BCUT2D eigenvalue weighted by Gasteiger charge is 2.14. The summed E-state index contributed by atoms with van der Waals surface area (Å²) in [6.07, 6.45) is 2.56. The number of carbonyl (C=O) groups is 1. The molecule has 0 aliphatic heterocycles. The van der Waals surface area contributed by atoms with E-state index in [1.54, 1.807) is 24.3 Å². The first-order valence-corrected chi connectivity index (χ1v) is 8.74. The van der Waals surface area contributed by atoms with E-state index in [1.807, 2.05) is 0 Å². The summed E-state index contributed by atoms with van der Waals surface area (Å²) in [6, 6.07) is 9.60. The second-order valence-corrected chi connectivity index (χ2v) is 6.56. The number of rotatable bonds is 4. The highest BCUT2D eigenvalue weighted by molar-refractivity contribution is 6.30. The van der Waals surface area contributed by atoms with E-state index in [4.69, 9.17) is 11.6 Å². The second kappa shape index (κ2) is 7.44. The molecule has 0 spiro atoms. The predicted molar refractivity (Wildman–Crippen MR) is 103 cm³/mol. The van der Waals surface area contributed by atoms with Gasteiger partial charge in [0.2, 0.25) is 5.91 Å². The minimum absolute atomic E-state index is 0.186. The van der Waals surface area contributed by atoms with Gasteiger partial charge in [0.25, 0.3) is 5.56 Å². The third kappa shape index (κ3) is 3.72. The van der Waals surface area contributed by atoms with Crippen molar-refractivity contribution in [3.63, 3.8) is 0 Å². The van der Waals surface area contributed by atoms with E-state index < -0.39 is 29.6 Å². The Morgan fingerprint density at radius 3 is 2.62 bits per heavy atom. The van der Waals surface area contributed by atoms with Gasteiger partial charge in [-0.15, -0.1) is 0 Å². The molecule has 4 aromatic rings. The van der Waals surface area contributed by atoms with Gasteiger partial charge in [0.05, 0.1) is 17.6 Å². The van der Waals surface area contributed by atoms with Gasteiger partial charge in [0.15, 0.2) is 5.65 Å². The molecule has 10 heteroatoms. The summed E-state index contributed by atoms with van der Waals surface area (Å²) in [5, 5.41) is 7.24. The van der Waals surface area contributed by atoms with Crippen LogP contribution in [0.4, 0.5) is 14.5 Å². The van der Waals surface area contributed by atoms with E-state index in [0.29, 0.717) is 22.4 Å². The summed E-state index contributed by atoms with van der Waals surface area (Å²) in [7, 11) is 0. The maximum Gasteiger partial charge on any atom is 0.264 e. The fourth-order valence-corrected chi connectivity index (χ4v) is 2.89. The van der Waals surface area contributed by atoms with E-state index >= 15 is 0 Å². The number of carbonyl (C=O) groups excluding carboxylic acids is 1. The molecule has 1 amide bonds. The number of hydrogen-bond acceptors (Lipinski definition) is 4. The van der Waals surface area contributed by atoms with E-state index in [-0.39, 0.29) is 11.1 Å². The van der Waals surface area contributed by atoms with Crippen LogP contribution in [0.3, 0.4) is 0 Å². The van der Waals surface area contributed by atoms with Crippen molar-refractivity contribution in [1.82, 2.24) is 19.3 Å². The molecule has 4 rings (SSSR count). The number of benzene rings is 2. The Hall–Kier alpha value is -3.59. The van der Waals surface area contributed by atoms with Gasteiger partial charge in [-0.3, -0.25) is 14.2 Å². The Labute approximate surface area is 167 Å². The Morgan fingerprint density at radius 1 is 1.14 bits per heavy atom. The highest BCUT2D eigenvalue weighted by atomic mass is 35.5. The van der Waals surface area contributed by atoms with E-state index in [1.165, 1.54) is 17.2 Å². The Balaban J connectivity index is 1.60. The Morgan fingerprint density at radius 2 is 1.90 bits per heavy atom. The van der Waals surface area contributed by atoms with Crippen LogP contribution in [0.2, 0.25) is 5.02 Å². The van der Waals surface area contributed by atoms with Crippen molar-refractivity contribution in [2.45, 2.75) is 6.54 Å². The molecular weight excluding hydrogens is 404 g/mol. The maximum absolute atomic E-state index is 13.7. The van der Waals surface area contributed by atoms with Crippen LogP contribution in [0.25, 0.3) is 16.7 Å². The number of nitrogens with zero attached hydrogens (tertiary/aromatic N) is 4. The van der Waals surface area contributed by atoms with Crippen LogP contribution < -0.4 is 10.9 Å². The largest absolute Gasteiger partial charge is 0.322 e. The average molecular weight is 416 g/mol. The quantitative estimate of drug-likeness (QED) is 0.555. The molecule has 0 saturated heterocycles. The number of aromatic nitrogens is 4. The van der Waals surface area contributed by atoms with E-state index in [2.05, 4.69) is 15.4 Å². The number of hydrogen-bond donors (Lipinski definition) is 1. The lowest BCUT2D eigenvalue weighted by molar-refractivity contribution is -0.116. The lowest BCUT2D eigenvalue weighted by Crippen LogP contribution is -2.28. The summed E-state index contributed by atoms with van der Waals surface area (Å²) in [4.78, 5) is 29.1. The number of nitrogens with one attached hydrogen (secondary N) is 1. The highest BCUT2D eigenvalue weighted by Crippen LogP contribution is 2.17. The standard InChI is InChI=1S/C19H12ClF2N5O2/c20-11-1-4-13(5-2-11)27-18-14(8-24-27)19(29)26(10-23-18)9-17(28)25-16-6-3-12(21)7-15(16)22/h1-8,10H,9H2,(H,25,28). The molecule has 146 valence electrons. The molecule has 0 atom stereocenters. The first-order chi connectivity index (χ1) is 13.9. The molecule has 0 aliphatic rings. The molecule has 7 nitrogen and oxygen atoms in total. The zero-order chi connectivity index (χ0) is 20.5. The Kier molecular flexibility index (Phi) is 4.81. The van der Waals surface area contributed by atoms with E-state index in [0.717, 1.165) is 16.7 Å². The molecule has 2 aromatic heterocycles. The third-order valence-corrected chi connectivity index (χ3v) is 4.40. The van der Waals surface area contributed by atoms with Crippen LogP contribution >= 0.6 is 11.6 Å². The van der Waals surface area contributed by atoms with Crippen molar-refractivity contribution in [3.05, 3.63) is 82.0 Å². The molecule has 1 N–H and O–H groups in total. The molecule has 0 aliphatic carbocycles. The first kappa shape index (κ1) is 18.8. The number of fused-ring (bicyclic) bond motifs is 1. The molecule has 0 saturated carbocycles. The SMILES string of the molecule is O=C(Cn1cnc2c(cnn2-c2ccc(Cl)cc2)c1=O)Nc1ccc(F)cc1F. The maximum atomic E-state index is 13.7. The number of halogens is 3. The lowest BCUT2D eigenvalue weighted by Gasteiger charge is -2.08. The summed E-state index contributed by atoms with van der Waals surface area (Å²) in [5.74, 6) is -2.34. The minimum Gasteiger partial charge on any atom is -0.322 e. The molecule has 0 bridgehead atoms. The summed E-state index contributed by atoms with van der Waals surface area (Å²) >= 11 is 5.88. The predicted octanol–water partition coefficient (Wildman–Crippen LogP) is 3.15.